The first kappa shape index (κ1) is 16.4. The third kappa shape index (κ3) is 4.11. The van der Waals surface area contributed by atoms with Gasteiger partial charge in [0.05, 0.1) is 11.6 Å². The SMILES string of the molecule is Cc1csc(NC(=O)C2CCCN(C(=O)Nc3ccccc3)C2)n1. The van der Waals surface area contributed by atoms with Crippen molar-refractivity contribution in [3.05, 3.63) is 41.4 Å². The summed E-state index contributed by atoms with van der Waals surface area (Å²) in [5, 5.41) is 8.23. The number of urea groups is 1. The van der Waals surface area contributed by atoms with E-state index in [1.54, 1.807) is 4.90 Å². The number of amides is 3. The summed E-state index contributed by atoms with van der Waals surface area (Å²) in [5.74, 6) is -0.272. The van der Waals surface area contributed by atoms with Crippen LogP contribution in [0.4, 0.5) is 15.6 Å². The molecule has 0 saturated carbocycles. The van der Waals surface area contributed by atoms with Crippen LogP contribution in [0.3, 0.4) is 0 Å². The van der Waals surface area contributed by atoms with Gasteiger partial charge in [0.2, 0.25) is 5.91 Å². The largest absolute Gasteiger partial charge is 0.324 e. The van der Waals surface area contributed by atoms with Gasteiger partial charge in [-0.1, -0.05) is 18.2 Å². The third-order valence-corrected chi connectivity index (χ3v) is 4.83. The topological polar surface area (TPSA) is 74.3 Å². The predicted molar refractivity (Wildman–Crippen MR) is 95.2 cm³/mol. The quantitative estimate of drug-likeness (QED) is 0.897. The number of para-hydroxylation sites is 1. The van der Waals surface area contributed by atoms with E-state index in [9.17, 15) is 9.59 Å². The van der Waals surface area contributed by atoms with Gasteiger partial charge in [0, 0.05) is 24.2 Å². The van der Waals surface area contributed by atoms with E-state index in [1.807, 2.05) is 42.6 Å². The molecule has 3 rings (SSSR count). The van der Waals surface area contributed by atoms with Crippen LogP contribution in [-0.2, 0) is 4.79 Å². The second kappa shape index (κ2) is 7.44. The van der Waals surface area contributed by atoms with Crippen LogP contribution in [-0.4, -0.2) is 34.9 Å². The fourth-order valence-corrected chi connectivity index (χ4v) is 3.41. The van der Waals surface area contributed by atoms with E-state index < -0.39 is 0 Å². The molecule has 0 bridgehead atoms. The molecule has 1 aromatic carbocycles. The Kier molecular flexibility index (Phi) is 5.10. The first-order chi connectivity index (χ1) is 11.6. The highest BCUT2D eigenvalue weighted by Crippen LogP contribution is 2.21. The number of likely N-dealkylation sites (tertiary alicyclic amines) is 1. The van der Waals surface area contributed by atoms with Crippen molar-refractivity contribution in [3.63, 3.8) is 0 Å². The average Bonchev–Trinajstić information content (AvgIpc) is 3.00. The zero-order chi connectivity index (χ0) is 16.9. The lowest BCUT2D eigenvalue weighted by Gasteiger charge is -2.31. The molecule has 0 radical (unpaired) electrons. The molecule has 0 spiro atoms. The summed E-state index contributed by atoms with van der Waals surface area (Å²) in [5.41, 5.74) is 1.65. The normalized spacial score (nSPS) is 17.4. The Bertz CT molecular complexity index is 716. The van der Waals surface area contributed by atoms with Gasteiger partial charge in [0.25, 0.3) is 0 Å². The van der Waals surface area contributed by atoms with Crippen LogP contribution in [0.5, 0.6) is 0 Å². The minimum Gasteiger partial charge on any atom is -0.324 e. The van der Waals surface area contributed by atoms with E-state index in [2.05, 4.69) is 15.6 Å². The number of thiazole rings is 1. The van der Waals surface area contributed by atoms with Gasteiger partial charge < -0.3 is 15.5 Å². The molecule has 126 valence electrons. The van der Waals surface area contributed by atoms with Crippen LogP contribution < -0.4 is 10.6 Å². The van der Waals surface area contributed by atoms with Crippen molar-refractivity contribution in [2.24, 2.45) is 5.92 Å². The van der Waals surface area contributed by atoms with Crippen LogP contribution in [0.1, 0.15) is 18.5 Å². The molecule has 24 heavy (non-hydrogen) atoms. The lowest BCUT2D eigenvalue weighted by molar-refractivity contribution is -0.121. The molecule has 2 heterocycles. The van der Waals surface area contributed by atoms with E-state index in [-0.39, 0.29) is 17.9 Å². The van der Waals surface area contributed by atoms with Gasteiger partial charge >= 0.3 is 6.03 Å². The van der Waals surface area contributed by atoms with Gasteiger partial charge in [-0.15, -0.1) is 11.3 Å². The van der Waals surface area contributed by atoms with Gasteiger partial charge in [0.15, 0.2) is 5.13 Å². The fourth-order valence-electron chi connectivity index (χ4n) is 2.72. The first-order valence-electron chi connectivity index (χ1n) is 7.96. The fraction of sp³-hybridized carbons (Fsp3) is 0.353. The number of carbonyl (C=O) groups excluding carboxylic acids is 2. The molecule has 1 aromatic heterocycles. The molecule has 1 aliphatic rings. The van der Waals surface area contributed by atoms with Gasteiger partial charge in [-0.05, 0) is 31.9 Å². The molecular weight excluding hydrogens is 324 g/mol. The van der Waals surface area contributed by atoms with E-state index in [0.717, 1.165) is 24.2 Å². The number of rotatable bonds is 3. The van der Waals surface area contributed by atoms with Crippen LogP contribution in [0, 0.1) is 12.8 Å². The summed E-state index contributed by atoms with van der Waals surface area (Å²) in [6, 6.07) is 9.17. The number of aromatic nitrogens is 1. The van der Waals surface area contributed by atoms with E-state index in [0.29, 0.717) is 18.2 Å². The van der Waals surface area contributed by atoms with E-state index in [4.69, 9.17) is 0 Å². The van der Waals surface area contributed by atoms with Gasteiger partial charge in [-0.2, -0.15) is 0 Å². The van der Waals surface area contributed by atoms with E-state index >= 15 is 0 Å². The highest BCUT2D eigenvalue weighted by atomic mass is 32.1. The number of hydrogen-bond donors (Lipinski definition) is 2. The maximum Gasteiger partial charge on any atom is 0.321 e. The molecule has 1 saturated heterocycles. The van der Waals surface area contributed by atoms with Crippen molar-refractivity contribution in [1.29, 1.82) is 0 Å². The summed E-state index contributed by atoms with van der Waals surface area (Å²) in [7, 11) is 0. The van der Waals surface area contributed by atoms with E-state index in [1.165, 1.54) is 11.3 Å². The molecule has 2 aromatic rings. The average molecular weight is 344 g/mol. The number of benzene rings is 1. The molecule has 1 atom stereocenters. The second-order valence-corrected chi connectivity index (χ2v) is 6.72. The number of carbonyl (C=O) groups is 2. The Balaban J connectivity index is 1.57. The van der Waals surface area contributed by atoms with Gasteiger partial charge in [-0.3, -0.25) is 4.79 Å². The number of nitrogens with zero attached hydrogens (tertiary/aromatic N) is 2. The van der Waals surface area contributed by atoms with Gasteiger partial charge in [-0.25, -0.2) is 9.78 Å². The van der Waals surface area contributed by atoms with Crippen molar-refractivity contribution in [2.45, 2.75) is 19.8 Å². The van der Waals surface area contributed by atoms with Crippen molar-refractivity contribution in [3.8, 4) is 0 Å². The maximum atomic E-state index is 12.4. The molecule has 0 aliphatic carbocycles. The van der Waals surface area contributed by atoms with Crippen LogP contribution in [0.2, 0.25) is 0 Å². The predicted octanol–water partition coefficient (Wildman–Crippen LogP) is 3.33. The smallest absolute Gasteiger partial charge is 0.321 e. The lowest BCUT2D eigenvalue weighted by atomic mass is 9.97. The van der Waals surface area contributed by atoms with Gasteiger partial charge in [0.1, 0.15) is 0 Å². The highest BCUT2D eigenvalue weighted by molar-refractivity contribution is 7.13. The van der Waals surface area contributed by atoms with Crippen LogP contribution >= 0.6 is 11.3 Å². The molecule has 2 N–H and O–H groups in total. The zero-order valence-electron chi connectivity index (χ0n) is 13.5. The minimum absolute atomic E-state index is 0.0680. The number of aryl methyl sites for hydroxylation is 1. The third-order valence-electron chi connectivity index (χ3n) is 3.95. The van der Waals surface area contributed by atoms with Crippen molar-refractivity contribution in [2.75, 3.05) is 23.7 Å². The number of anilines is 2. The highest BCUT2D eigenvalue weighted by Gasteiger charge is 2.28. The van der Waals surface area contributed by atoms with Crippen LogP contribution in [0.25, 0.3) is 0 Å². The maximum absolute atomic E-state index is 12.4. The molecule has 1 fully saturated rings. The lowest BCUT2D eigenvalue weighted by Crippen LogP contribution is -2.45. The van der Waals surface area contributed by atoms with Crippen molar-refractivity contribution in [1.82, 2.24) is 9.88 Å². The molecule has 1 aliphatic heterocycles. The Morgan fingerprint density at radius 1 is 1.25 bits per heavy atom. The molecule has 1 unspecified atom stereocenters. The summed E-state index contributed by atoms with van der Waals surface area (Å²) in [6.45, 7) is 2.98. The minimum atomic E-state index is -0.204. The second-order valence-electron chi connectivity index (χ2n) is 5.86. The zero-order valence-corrected chi connectivity index (χ0v) is 14.3. The van der Waals surface area contributed by atoms with Crippen LogP contribution in [0.15, 0.2) is 35.7 Å². The summed E-state index contributed by atoms with van der Waals surface area (Å²) >= 11 is 1.41. The Morgan fingerprint density at radius 2 is 2.04 bits per heavy atom. The number of nitrogens with one attached hydrogen (secondary N) is 2. The summed E-state index contributed by atoms with van der Waals surface area (Å²) in [4.78, 5) is 30.7. The van der Waals surface area contributed by atoms with Crippen molar-refractivity contribution >= 4 is 34.1 Å². The first-order valence-corrected chi connectivity index (χ1v) is 8.84. The molecule has 3 amide bonds. The van der Waals surface area contributed by atoms with Crippen molar-refractivity contribution < 1.29 is 9.59 Å². The monoisotopic (exact) mass is 344 g/mol. The summed E-state index contributed by atoms with van der Waals surface area (Å²) in [6.07, 6.45) is 1.60. The Morgan fingerprint density at radius 3 is 2.75 bits per heavy atom. The Labute approximate surface area is 144 Å². The standard InChI is InChI=1S/C17H20N4O2S/c1-12-11-24-16(18-12)20-15(22)13-6-5-9-21(10-13)17(23)19-14-7-3-2-4-8-14/h2-4,7-8,11,13H,5-6,9-10H2,1H3,(H,19,23)(H,18,20,22). The molecule has 7 heteroatoms. The summed E-state index contributed by atoms with van der Waals surface area (Å²) < 4.78 is 0. The number of hydrogen-bond acceptors (Lipinski definition) is 4. The molecular formula is C17H20N4O2S. The molecule has 6 nitrogen and oxygen atoms in total. The Hall–Kier alpha value is -2.41. The number of piperidine rings is 1.